The second kappa shape index (κ2) is 11.2. The van der Waals surface area contributed by atoms with E-state index in [-0.39, 0.29) is 0 Å². The molecule has 236 valence electrons. The van der Waals surface area contributed by atoms with Crippen molar-refractivity contribution in [2.75, 3.05) is 0 Å². The fourth-order valence-corrected chi connectivity index (χ4v) is 10.3. The predicted molar refractivity (Wildman–Crippen MR) is 209 cm³/mol. The molecule has 4 nitrogen and oxygen atoms in total. The fraction of sp³-hybridized carbons (Fsp3) is 0. The third kappa shape index (κ3) is 4.19. The highest BCUT2D eigenvalue weighted by atomic mass is 31.2. The number of hydrogen-bond donors (Lipinski definition) is 0. The summed E-state index contributed by atoms with van der Waals surface area (Å²) >= 11 is 0. The van der Waals surface area contributed by atoms with Gasteiger partial charge in [-0.2, -0.15) is 0 Å². The van der Waals surface area contributed by atoms with Crippen LogP contribution in [0.3, 0.4) is 0 Å². The van der Waals surface area contributed by atoms with Gasteiger partial charge >= 0.3 is 0 Å². The second-order valence-corrected chi connectivity index (χ2v) is 15.5. The van der Waals surface area contributed by atoms with Crippen molar-refractivity contribution in [1.82, 2.24) is 14.0 Å². The Balaban J connectivity index is 1.20. The van der Waals surface area contributed by atoms with E-state index >= 15 is 0 Å². The SMILES string of the molecule is O=P(c1ccccc1)(c1ccccc1)c1ccc(-c2ccc3c(c2)c2ccccc2c2nc4c5ccccc5n(-c5ccccc5)c4n32)cc1. The number of fused-ring (bicyclic) bond motifs is 10. The van der Waals surface area contributed by atoms with Crippen LogP contribution in [-0.4, -0.2) is 14.0 Å². The van der Waals surface area contributed by atoms with E-state index < -0.39 is 7.14 Å². The zero-order valence-electron chi connectivity index (χ0n) is 27.0. The van der Waals surface area contributed by atoms with E-state index in [0.29, 0.717) is 0 Å². The Morgan fingerprint density at radius 1 is 0.440 bits per heavy atom. The molecule has 0 aliphatic rings. The minimum Gasteiger partial charge on any atom is -0.309 e. The molecule has 0 saturated carbocycles. The van der Waals surface area contributed by atoms with Crippen LogP contribution in [0.15, 0.2) is 182 Å². The molecule has 0 bridgehead atoms. The van der Waals surface area contributed by atoms with Crippen LogP contribution >= 0.6 is 7.14 Å². The molecule has 10 aromatic rings. The summed E-state index contributed by atoms with van der Waals surface area (Å²) in [5.41, 5.74) is 8.49. The molecule has 0 N–H and O–H groups in total. The van der Waals surface area contributed by atoms with Crippen molar-refractivity contribution >= 4 is 72.4 Å². The molecule has 50 heavy (non-hydrogen) atoms. The lowest BCUT2D eigenvalue weighted by Gasteiger charge is -2.20. The highest BCUT2D eigenvalue weighted by molar-refractivity contribution is 7.85. The van der Waals surface area contributed by atoms with E-state index in [2.05, 4.69) is 118 Å². The molecule has 0 atom stereocenters. The monoisotopic (exact) mass is 659 g/mol. The van der Waals surface area contributed by atoms with Gasteiger partial charge in [-0.3, -0.25) is 8.97 Å². The maximum atomic E-state index is 15.0. The summed E-state index contributed by atoms with van der Waals surface area (Å²) in [6.07, 6.45) is 0. The van der Waals surface area contributed by atoms with Crippen LogP contribution < -0.4 is 15.9 Å². The van der Waals surface area contributed by atoms with Crippen molar-refractivity contribution in [2.45, 2.75) is 0 Å². The Morgan fingerprint density at radius 2 is 0.980 bits per heavy atom. The Hall–Kier alpha value is -6.22. The number of hydrogen-bond acceptors (Lipinski definition) is 2. The zero-order valence-corrected chi connectivity index (χ0v) is 27.9. The van der Waals surface area contributed by atoms with Crippen molar-refractivity contribution < 1.29 is 4.57 Å². The van der Waals surface area contributed by atoms with Crippen LogP contribution in [0.25, 0.3) is 66.2 Å². The third-order valence-electron chi connectivity index (χ3n) is 9.98. The van der Waals surface area contributed by atoms with Crippen LogP contribution in [0, 0.1) is 0 Å². The number of nitrogens with zero attached hydrogens (tertiary/aromatic N) is 3. The largest absolute Gasteiger partial charge is 0.309 e. The minimum atomic E-state index is -3.06. The maximum Gasteiger partial charge on any atom is 0.171 e. The minimum absolute atomic E-state index is 0.821. The average molecular weight is 660 g/mol. The predicted octanol–water partition coefficient (Wildman–Crippen LogP) is 10.0. The molecule has 3 heterocycles. The van der Waals surface area contributed by atoms with Gasteiger partial charge in [0.25, 0.3) is 0 Å². The van der Waals surface area contributed by atoms with E-state index in [1.807, 2.05) is 72.8 Å². The van der Waals surface area contributed by atoms with Crippen molar-refractivity contribution in [2.24, 2.45) is 0 Å². The number of rotatable bonds is 5. The van der Waals surface area contributed by atoms with Gasteiger partial charge in [0, 0.05) is 37.8 Å². The van der Waals surface area contributed by atoms with Gasteiger partial charge in [-0.15, -0.1) is 0 Å². The first-order chi connectivity index (χ1) is 24.7. The number of aromatic nitrogens is 3. The maximum absolute atomic E-state index is 15.0. The highest BCUT2D eigenvalue weighted by Gasteiger charge is 2.29. The van der Waals surface area contributed by atoms with Crippen molar-refractivity contribution in [1.29, 1.82) is 0 Å². The molecule has 0 radical (unpaired) electrons. The van der Waals surface area contributed by atoms with Crippen LogP contribution in [0.5, 0.6) is 0 Å². The van der Waals surface area contributed by atoms with Gasteiger partial charge in [-0.05, 0) is 46.8 Å². The lowest BCUT2D eigenvalue weighted by atomic mass is 10.00. The molecule has 5 heteroatoms. The number of para-hydroxylation sites is 2. The molecule has 0 aliphatic heterocycles. The summed E-state index contributed by atoms with van der Waals surface area (Å²) < 4.78 is 19.6. The van der Waals surface area contributed by atoms with E-state index in [0.717, 1.165) is 82.1 Å². The standard InChI is InChI=1S/C45H30N3OP/c49-50(34-16-6-2-7-17-34,35-18-8-3-9-19-35)36-27-24-31(25-28-36)32-26-29-42-40(30-32)37-20-10-11-21-38(37)44-46-43-39-22-12-13-23-41(39)47(45(43)48(42)44)33-14-4-1-5-15-33/h1-30H. The van der Waals surface area contributed by atoms with Gasteiger partial charge in [0.2, 0.25) is 0 Å². The molecular formula is C45H30N3OP. The van der Waals surface area contributed by atoms with Crippen LogP contribution in [0.2, 0.25) is 0 Å². The molecule has 0 spiro atoms. The van der Waals surface area contributed by atoms with Gasteiger partial charge in [-0.25, -0.2) is 4.98 Å². The molecule has 3 aromatic heterocycles. The van der Waals surface area contributed by atoms with Gasteiger partial charge < -0.3 is 4.57 Å². The molecule has 0 amide bonds. The first kappa shape index (κ1) is 28.8. The molecule has 0 fully saturated rings. The second-order valence-electron chi connectivity index (χ2n) is 12.7. The third-order valence-corrected chi connectivity index (χ3v) is 13.1. The summed E-state index contributed by atoms with van der Waals surface area (Å²) in [5, 5.41) is 7.04. The summed E-state index contributed by atoms with van der Waals surface area (Å²) in [4.78, 5) is 5.35. The zero-order chi connectivity index (χ0) is 33.2. The Bertz CT molecular complexity index is 2890. The van der Waals surface area contributed by atoms with Gasteiger partial charge in [0.15, 0.2) is 12.8 Å². The number of pyridine rings is 1. The smallest absolute Gasteiger partial charge is 0.171 e. The van der Waals surface area contributed by atoms with Crippen LogP contribution in [0.1, 0.15) is 0 Å². The van der Waals surface area contributed by atoms with Crippen molar-refractivity contribution in [3.63, 3.8) is 0 Å². The lowest BCUT2D eigenvalue weighted by molar-refractivity contribution is 0.592. The first-order valence-corrected chi connectivity index (χ1v) is 18.5. The molecule has 10 rings (SSSR count). The van der Waals surface area contributed by atoms with E-state index in [9.17, 15) is 4.57 Å². The molecular weight excluding hydrogens is 629 g/mol. The summed E-state index contributed by atoms with van der Waals surface area (Å²) in [7, 11) is -3.06. The Morgan fingerprint density at radius 3 is 1.66 bits per heavy atom. The molecule has 0 aliphatic carbocycles. The quantitative estimate of drug-likeness (QED) is 0.136. The normalized spacial score (nSPS) is 12.1. The topological polar surface area (TPSA) is 39.3 Å². The van der Waals surface area contributed by atoms with E-state index in [1.165, 1.54) is 0 Å². The van der Waals surface area contributed by atoms with Gasteiger partial charge in [0.1, 0.15) is 11.2 Å². The van der Waals surface area contributed by atoms with E-state index in [1.54, 1.807) is 0 Å². The summed E-state index contributed by atoms with van der Waals surface area (Å²) in [6.45, 7) is 0. The lowest BCUT2D eigenvalue weighted by Crippen LogP contribution is -2.24. The Labute approximate surface area is 288 Å². The Kier molecular flexibility index (Phi) is 6.42. The molecule has 0 unspecified atom stereocenters. The average Bonchev–Trinajstić information content (AvgIpc) is 3.74. The molecule has 7 aromatic carbocycles. The highest BCUT2D eigenvalue weighted by Crippen LogP contribution is 2.43. The first-order valence-electron chi connectivity index (χ1n) is 16.8. The molecule has 0 saturated heterocycles. The van der Waals surface area contributed by atoms with Gasteiger partial charge in [-0.1, -0.05) is 152 Å². The number of imidazole rings is 1. The fourth-order valence-electron chi connectivity index (χ4n) is 7.66. The number of benzene rings is 7. The van der Waals surface area contributed by atoms with E-state index in [4.69, 9.17) is 4.98 Å². The van der Waals surface area contributed by atoms with Crippen molar-refractivity contribution in [3.05, 3.63) is 182 Å². The van der Waals surface area contributed by atoms with Crippen molar-refractivity contribution in [3.8, 4) is 16.8 Å². The summed E-state index contributed by atoms with van der Waals surface area (Å²) in [5.74, 6) is 0. The van der Waals surface area contributed by atoms with Crippen LogP contribution in [0.4, 0.5) is 0 Å². The van der Waals surface area contributed by atoms with Crippen LogP contribution in [-0.2, 0) is 4.57 Å². The van der Waals surface area contributed by atoms with Gasteiger partial charge in [0.05, 0.1) is 11.0 Å². The summed E-state index contributed by atoms with van der Waals surface area (Å²) in [6, 6.07) is 62.3.